The van der Waals surface area contributed by atoms with E-state index in [4.69, 9.17) is 5.73 Å². The number of hydrogen-bond acceptors (Lipinski definition) is 2. The molecule has 1 atom stereocenters. The Morgan fingerprint density at radius 1 is 1.05 bits per heavy atom. The lowest BCUT2D eigenvalue weighted by Gasteiger charge is -2.11. The number of benzene rings is 2. The summed E-state index contributed by atoms with van der Waals surface area (Å²) in [5, 5.41) is 8.72. The molecule has 3 N–H and O–H groups in total. The zero-order valence-corrected chi connectivity index (χ0v) is 12.5. The highest BCUT2D eigenvalue weighted by molar-refractivity contribution is 7.62. The molecule has 0 aliphatic carbocycles. The Bertz CT molecular complexity index is 756. The summed E-state index contributed by atoms with van der Waals surface area (Å²) >= 11 is 0. The molecule has 3 rings (SSSR count). The van der Waals surface area contributed by atoms with Crippen molar-refractivity contribution in [3.8, 4) is 0 Å². The minimum absolute atomic E-state index is 0.344. The fourth-order valence-electron chi connectivity index (χ4n) is 2.87. The Kier molecular flexibility index (Phi) is 2.91. The molecular weight excluding hydrogens is 251 g/mol. The van der Waals surface area contributed by atoms with E-state index in [0.717, 1.165) is 11.4 Å². The molecule has 0 aliphatic rings. The number of nitrogens with one attached hydrogen (secondary N) is 1. The molecular formula is C16H19N2P. The first kappa shape index (κ1) is 12.4. The van der Waals surface area contributed by atoms with Crippen LogP contribution < -0.4 is 11.1 Å². The van der Waals surface area contributed by atoms with Crippen molar-refractivity contribution in [3.63, 3.8) is 0 Å². The minimum Gasteiger partial charge on any atom is -0.396 e. The van der Waals surface area contributed by atoms with Crippen molar-refractivity contribution in [1.82, 2.24) is 0 Å². The maximum atomic E-state index is 6.41. The smallest absolute Gasteiger partial charge is 0.0670 e. The van der Waals surface area contributed by atoms with E-state index in [1.54, 1.807) is 0 Å². The molecule has 1 heterocycles. The Labute approximate surface area is 114 Å². The van der Waals surface area contributed by atoms with E-state index < -0.39 is 0 Å². The summed E-state index contributed by atoms with van der Waals surface area (Å²) in [6.07, 6.45) is 0. The molecule has 0 radical (unpaired) electrons. The second kappa shape index (κ2) is 4.47. The SMILES string of the molecule is CNc1ccc2c3ccccc3p(C(C)C)c2c1N. The number of fused-ring (bicyclic) bond motifs is 3. The third-order valence-electron chi connectivity index (χ3n) is 3.70. The van der Waals surface area contributed by atoms with Gasteiger partial charge in [-0.2, -0.15) is 0 Å². The number of hydrogen-bond donors (Lipinski definition) is 2. The second-order valence-electron chi connectivity index (χ2n) is 5.15. The average molecular weight is 270 g/mol. The van der Waals surface area contributed by atoms with Crippen molar-refractivity contribution < 1.29 is 0 Å². The normalized spacial score (nSPS) is 12.5. The fraction of sp³-hybridized carbons (Fsp3) is 0.250. The maximum Gasteiger partial charge on any atom is 0.0670 e. The summed E-state index contributed by atoms with van der Waals surface area (Å²) < 4.78 is 0. The topological polar surface area (TPSA) is 38.0 Å². The summed E-state index contributed by atoms with van der Waals surface area (Å²) in [6.45, 7) is 4.59. The van der Waals surface area contributed by atoms with E-state index in [1.165, 1.54) is 21.0 Å². The molecule has 98 valence electrons. The monoisotopic (exact) mass is 270 g/mol. The largest absolute Gasteiger partial charge is 0.396 e. The average Bonchev–Trinajstić information content (AvgIpc) is 2.75. The lowest BCUT2D eigenvalue weighted by atomic mass is 10.1. The van der Waals surface area contributed by atoms with Crippen LogP contribution in [-0.4, -0.2) is 7.05 Å². The van der Waals surface area contributed by atoms with Crippen LogP contribution in [-0.2, 0) is 0 Å². The zero-order chi connectivity index (χ0) is 13.6. The summed E-state index contributed by atoms with van der Waals surface area (Å²) in [5.41, 5.74) is 8.98. The molecule has 1 unspecified atom stereocenters. The molecule has 1 aromatic heterocycles. The molecule has 0 aliphatic heterocycles. The second-order valence-corrected chi connectivity index (χ2v) is 7.86. The molecule has 19 heavy (non-hydrogen) atoms. The van der Waals surface area contributed by atoms with Gasteiger partial charge in [-0.15, -0.1) is 7.53 Å². The Balaban J connectivity index is 2.57. The molecule has 0 amide bonds. The standard InChI is InChI=1S/C16H19N2P/c1-10(2)19-14-7-5-4-6-11(14)12-8-9-13(18-3)15(17)16(12)19/h4-10,18H,17H2,1-3H3. The highest BCUT2D eigenvalue weighted by atomic mass is 31.1. The number of rotatable bonds is 2. The van der Waals surface area contributed by atoms with E-state index in [-0.39, 0.29) is 7.53 Å². The number of anilines is 2. The van der Waals surface area contributed by atoms with E-state index in [9.17, 15) is 0 Å². The molecule has 0 saturated heterocycles. The highest BCUT2D eigenvalue weighted by Gasteiger charge is 2.17. The van der Waals surface area contributed by atoms with Gasteiger partial charge in [-0.3, -0.25) is 0 Å². The van der Waals surface area contributed by atoms with Crippen LogP contribution in [0.1, 0.15) is 19.5 Å². The first-order valence-corrected chi connectivity index (χ1v) is 8.05. The van der Waals surface area contributed by atoms with E-state index in [2.05, 4.69) is 55.6 Å². The van der Waals surface area contributed by atoms with Crippen LogP contribution in [0.3, 0.4) is 0 Å². The molecule has 2 aromatic carbocycles. The lowest BCUT2D eigenvalue weighted by Crippen LogP contribution is -1.95. The first-order valence-electron chi connectivity index (χ1n) is 6.64. The Hall–Kier alpha value is -1.66. The summed E-state index contributed by atoms with van der Waals surface area (Å²) in [6, 6.07) is 13.0. The van der Waals surface area contributed by atoms with Gasteiger partial charge in [0.2, 0.25) is 0 Å². The van der Waals surface area contributed by atoms with Crippen molar-refractivity contribution >= 4 is 39.9 Å². The van der Waals surface area contributed by atoms with Crippen molar-refractivity contribution in [2.24, 2.45) is 0 Å². The third kappa shape index (κ3) is 1.71. The maximum absolute atomic E-state index is 6.41. The Morgan fingerprint density at radius 3 is 2.47 bits per heavy atom. The quantitative estimate of drug-likeness (QED) is 0.629. The molecule has 2 nitrogen and oxygen atoms in total. The van der Waals surface area contributed by atoms with Crippen LogP contribution in [0.5, 0.6) is 0 Å². The predicted octanol–water partition coefficient (Wildman–Crippen LogP) is 5.18. The first-order chi connectivity index (χ1) is 9.15. The van der Waals surface area contributed by atoms with Gasteiger partial charge < -0.3 is 11.1 Å². The van der Waals surface area contributed by atoms with Gasteiger partial charge in [-0.05, 0) is 22.5 Å². The van der Waals surface area contributed by atoms with Crippen LogP contribution in [0.15, 0.2) is 36.4 Å². The van der Waals surface area contributed by atoms with Gasteiger partial charge >= 0.3 is 0 Å². The lowest BCUT2D eigenvalue weighted by molar-refractivity contribution is 1.04. The van der Waals surface area contributed by atoms with Gasteiger partial charge in [0.1, 0.15) is 0 Å². The summed E-state index contributed by atoms with van der Waals surface area (Å²) in [5.74, 6) is 0. The molecule has 0 spiro atoms. The van der Waals surface area contributed by atoms with Crippen molar-refractivity contribution in [2.75, 3.05) is 18.1 Å². The molecule has 0 fully saturated rings. The van der Waals surface area contributed by atoms with E-state index >= 15 is 0 Å². The molecule has 0 bridgehead atoms. The van der Waals surface area contributed by atoms with Gasteiger partial charge in [0.25, 0.3) is 0 Å². The van der Waals surface area contributed by atoms with Crippen molar-refractivity contribution in [2.45, 2.75) is 19.5 Å². The molecule has 3 aromatic rings. The van der Waals surface area contributed by atoms with E-state index in [0.29, 0.717) is 5.66 Å². The van der Waals surface area contributed by atoms with Gasteiger partial charge in [0.15, 0.2) is 0 Å². The van der Waals surface area contributed by atoms with Crippen molar-refractivity contribution in [1.29, 1.82) is 0 Å². The van der Waals surface area contributed by atoms with E-state index in [1.807, 2.05) is 7.05 Å². The van der Waals surface area contributed by atoms with Gasteiger partial charge in [-0.1, -0.05) is 44.2 Å². The van der Waals surface area contributed by atoms with Gasteiger partial charge in [0.05, 0.1) is 11.4 Å². The molecule has 0 saturated carbocycles. The predicted molar refractivity (Wildman–Crippen MR) is 88.5 cm³/mol. The van der Waals surface area contributed by atoms with Gasteiger partial charge in [0, 0.05) is 17.3 Å². The van der Waals surface area contributed by atoms with Crippen LogP contribution in [0, 0.1) is 0 Å². The fourth-order valence-corrected chi connectivity index (χ4v) is 5.72. The number of nitrogen functional groups attached to an aromatic ring is 1. The zero-order valence-electron chi connectivity index (χ0n) is 11.6. The van der Waals surface area contributed by atoms with Crippen LogP contribution in [0.4, 0.5) is 11.4 Å². The third-order valence-corrected chi connectivity index (χ3v) is 6.60. The molecule has 3 heteroatoms. The van der Waals surface area contributed by atoms with Crippen LogP contribution >= 0.6 is 7.53 Å². The summed E-state index contributed by atoms with van der Waals surface area (Å²) in [7, 11) is 1.58. The highest BCUT2D eigenvalue weighted by Crippen LogP contribution is 2.57. The van der Waals surface area contributed by atoms with Crippen molar-refractivity contribution in [3.05, 3.63) is 36.4 Å². The summed E-state index contributed by atoms with van der Waals surface area (Å²) in [4.78, 5) is 0. The number of nitrogens with two attached hydrogens (primary N) is 1. The van der Waals surface area contributed by atoms with Gasteiger partial charge in [-0.25, -0.2) is 0 Å². The minimum atomic E-state index is -0.344. The van der Waals surface area contributed by atoms with Crippen LogP contribution in [0.25, 0.3) is 21.0 Å². The van der Waals surface area contributed by atoms with Crippen LogP contribution in [0.2, 0.25) is 0 Å². The Morgan fingerprint density at radius 2 is 1.79 bits per heavy atom.